The SMILES string of the molecule is C=CCNc1ncnc(N2CCc3ccccc3C2)c1N. The molecule has 1 aromatic carbocycles. The van der Waals surface area contributed by atoms with E-state index in [2.05, 4.69) is 51.0 Å². The quantitative estimate of drug-likeness (QED) is 0.841. The van der Waals surface area contributed by atoms with E-state index in [-0.39, 0.29) is 0 Å². The van der Waals surface area contributed by atoms with Crippen LogP contribution in [0.3, 0.4) is 0 Å². The second kappa shape index (κ2) is 5.83. The molecule has 0 radical (unpaired) electrons. The van der Waals surface area contributed by atoms with Crippen molar-refractivity contribution >= 4 is 17.3 Å². The third kappa shape index (κ3) is 2.67. The van der Waals surface area contributed by atoms with Crippen molar-refractivity contribution in [2.75, 3.05) is 29.0 Å². The fourth-order valence-electron chi connectivity index (χ4n) is 2.62. The van der Waals surface area contributed by atoms with E-state index < -0.39 is 0 Å². The van der Waals surface area contributed by atoms with Crippen molar-refractivity contribution in [1.29, 1.82) is 0 Å². The van der Waals surface area contributed by atoms with Crippen LogP contribution in [-0.2, 0) is 13.0 Å². The van der Waals surface area contributed by atoms with Crippen LogP contribution in [0.25, 0.3) is 0 Å². The summed E-state index contributed by atoms with van der Waals surface area (Å²) < 4.78 is 0. The Labute approximate surface area is 124 Å². The summed E-state index contributed by atoms with van der Waals surface area (Å²) in [6.07, 6.45) is 4.34. The Kier molecular flexibility index (Phi) is 3.73. The Balaban J connectivity index is 1.86. The molecule has 0 spiro atoms. The lowest BCUT2D eigenvalue weighted by Crippen LogP contribution is -2.31. The monoisotopic (exact) mass is 281 g/mol. The van der Waals surface area contributed by atoms with Crippen LogP contribution in [0.2, 0.25) is 0 Å². The summed E-state index contributed by atoms with van der Waals surface area (Å²) in [4.78, 5) is 10.8. The van der Waals surface area contributed by atoms with Gasteiger partial charge >= 0.3 is 0 Å². The highest BCUT2D eigenvalue weighted by atomic mass is 15.2. The number of nitrogens with two attached hydrogens (primary N) is 1. The van der Waals surface area contributed by atoms with Crippen LogP contribution in [-0.4, -0.2) is 23.1 Å². The summed E-state index contributed by atoms with van der Waals surface area (Å²) in [5.41, 5.74) is 9.55. The van der Waals surface area contributed by atoms with E-state index in [0.717, 1.165) is 25.3 Å². The third-order valence-corrected chi connectivity index (χ3v) is 3.71. The summed E-state index contributed by atoms with van der Waals surface area (Å²) in [5.74, 6) is 1.46. The Morgan fingerprint density at radius 2 is 2.10 bits per heavy atom. The fraction of sp³-hybridized carbons (Fsp3) is 0.250. The molecule has 2 aromatic rings. The average Bonchev–Trinajstić information content (AvgIpc) is 2.53. The van der Waals surface area contributed by atoms with Crippen LogP contribution in [0.4, 0.5) is 17.3 Å². The van der Waals surface area contributed by atoms with Gasteiger partial charge in [-0.3, -0.25) is 0 Å². The zero-order chi connectivity index (χ0) is 14.7. The molecule has 5 nitrogen and oxygen atoms in total. The first-order valence-corrected chi connectivity index (χ1v) is 7.06. The van der Waals surface area contributed by atoms with Gasteiger partial charge in [0.25, 0.3) is 0 Å². The maximum absolute atomic E-state index is 6.21. The highest BCUT2D eigenvalue weighted by molar-refractivity contribution is 5.75. The maximum atomic E-state index is 6.21. The second-order valence-electron chi connectivity index (χ2n) is 5.07. The highest BCUT2D eigenvalue weighted by Crippen LogP contribution is 2.30. The summed E-state index contributed by atoms with van der Waals surface area (Å²) in [6, 6.07) is 8.51. The minimum atomic E-state index is 0.596. The Hall–Kier alpha value is -2.56. The zero-order valence-corrected chi connectivity index (χ0v) is 11.9. The predicted octanol–water partition coefficient (Wildman–Crippen LogP) is 2.22. The number of benzene rings is 1. The third-order valence-electron chi connectivity index (χ3n) is 3.71. The number of nitrogen functional groups attached to an aromatic ring is 1. The summed E-state index contributed by atoms with van der Waals surface area (Å²) in [6.45, 7) is 6.06. The molecule has 108 valence electrons. The number of hydrogen-bond acceptors (Lipinski definition) is 5. The van der Waals surface area contributed by atoms with E-state index in [1.54, 1.807) is 12.4 Å². The summed E-state index contributed by atoms with van der Waals surface area (Å²) in [7, 11) is 0. The van der Waals surface area contributed by atoms with Gasteiger partial charge in [-0.05, 0) is 17.5 Å². The van der Waals surface area contributed by atoms with Crippen molar-refractivity contribution in [2.45, 2.75) is 13.0 Å². The minimum absolute atomic E-state index is 0.596. The predicted molar refractivity (Wildman–Crippen MR) is 86.3 cm³/mol. The zero-order valence-electron chi connectivity index (χ0n) is 11.9. The van der Waals surface area contributed by atoms with Crippen LogP contribution in [0.5, 0.6) is 0 Å². The molecule has 0 saturated heterocycles. The molecule has 0 saturated carbocycles. The van der Waals surface area contributed by atoms with Crippen LogP contribution >= 0.6 is 0 Å². The molecule has 0 amide bonds. The van der Waals surface area contributed by atoms with Crippen molar-refractivity contribution in [3.8, 4) is 0 Å². The molecule has 0 atom stereocenters. The van der Waals surface area contributed by atoms with E-state index in [4.69, 9.17) is 5.73 Å². The molecule has 0 unspecified atom stereocenters. The number of anilines is 3. The van der Waals surface area contributed by atoms with Crippen molar-refractivity contribution < 1.29 is 0 Å². The minimum Gasteiger partial charge on any atom is -0.393 e. The van der Waals surface area contributed by atoms with Gasteiger partial charge in [0.05, 0.1) is 0 Å². The molecule has 3 rings (SSSR count). The molecule has 3 N–H and O–H groups in total. The number of hydrogen-bond donors (Lipinski definition) is 2. The fourth-order valence-corrected chi connectivity index (χ4v) is 2.62. The first kappa shape index (κ1) is 13.4. The van der Waals surface area contributed by atoms with Gasteiger partial charge in [0, 0.05) is 19.6 Å². The van der Waals surface area contributed by atoms with Gasteiger partial charge < -0.3 is 16.0 Å². The normalized spacial score (nSPS) is 13.6. The first-order chi connectivity index (χ1) is 10.3. The van der Waals surface area contributed by atoms with Crippen molar-refractivity contribution in [3.63, 3.8) is 0 Å². The van der Waals surface area contributed by atoms with Crippen molar-refractivity contribution in [1.82, 2.24) is 9.97 Å². The van der Waals surface area contributed by atoms with Crippen LogP contribution in [0, 0.1) is 0 Å². The van der Waals surface area contributed by atoms with Crippen molar-refractivity contribution in [2.24, 2.45) is 0 Å². The number of nitrogens with one attached hydrogen (secondary N) is 1. The van der Waals surface area contributed by atoms with Crippen LogP contribution < -0.4 is 16.0 Å². The Morgan fingerprint density at radius 3 is 2.90 bits per heavy atom. The number of rotatable bonds is 4. The molecule has 1 aromatic heterocycles. The van der Waals surface area contributed by atoms with E-state index in [0.29, 0.717) is 18.1 Å². The first-order valence-electron chi connectivity index (χ1n) is 7.06. The summed E-state index contributed by atoms with van der Waals surface area (Å²) >= 11 is 0. The molecule has 21 heavy (non-hydrogen) atoms. The molecule has 0 bridgehead atoms. The molecule has 0 aliphatic carbocycles. The van der Waals surface area contributed by atoms with Gasteiger partial charge in [-0.2, -0.15) is 0 Å². The maximum Gasteiger partial charge on any atom is 0.157 e. The van der Waals surface area contributed by atoms with Gasteiger partial charge in [-0.15, -0.1) is 6.58 Å². The highest BCUT2D eigenvalue weighted by Gasteiger charge is 2.20. The van der Waals surface area contributed by atoms with E-state index in [9.17, 15) is 0 Å². The lowest BCUT2D eigenvalue weighted by Gasteiger charge is -2.30. The Bertz CT molecular complexity index is 653. The Morgan fingerprint density at radius 1 is 1.29 bits per heavy atom. The van der Waals surface area contributed by atoms with Gasteiger partial charge in [0.1, 0.15) is 12.0 Å². The van der Waals surface area contributed by atoms with Crippen molar-refractivity contribution in [3.05, 3.63) is 54.4 Å². The number of fused-ring (bicyclic) bond motifs is 1. The standard InChI is InChI=1S/C16H19N5/c1-2-8-18-15-14(17)16(20-11-19-15)21-9-7-12-5-3-4-6-13(12)10-21/h2-6,11H,1,7-10,17H2,(H,18,19,20). The van der Waals surface area contributed by atoms with Crippen LogP contribution in [0.15, 0.2) is 43.2 Å². The lowest BCUT2D eigenvalue weighted by atomic mass is 10.00. The lowest BCUT2D eigenvalue weighted by molar-refractivity contribution is 0.721. The molecular formula is C16H19N5. The van der Waals surface area contributed by atoms with Gasteiger partial charge in [-0.25, -0.2) is 9.97 Å². The van der Waals surface area contributed by atoms with E-state index in [1.807, 2.05) is 0 Å². The average molecular weight is 281 g/mol. The van der Waals surface area contributed by atoms with Gasteiger partial charge in [-0.1, -0.05) is 30.3 Å². The smallest absolute Gasteiger partial charge is 0.157 e. The molecule has 5 heteroatoms. The molecule has 1 aliphatic rings. The topological polar surface area (TPSA) is 67.1 Å². The second-order valence-corrected chi connectivity index (χ2v) is 5.07. The molecule has 1 aliphatic heterocycles. The number of aromatic nitrogens is 2. The molecule has 2 heterocycles. The van der Waals surface area contributed by atoms with E-state index in [1.165, 1.54) is 11.1 Å². The largest absolute Gasteiger partial charge is 0.393 e. The molecular weight excluding hydrogens is 262 g/mol. The number of nitrogens with zero attached hydrogens (tertiary/aromatic N) is 3. The molecule has 0 fully saturated rings. The summed E-state index contributed by atoms with van der Waals surface area (Å²) in [5, 5.41) is 3.14. The van der Waals surface area contributed by atoms with Crippen LogP contribution in [0.1, 0.15) is 11.1 Å². The van der Waals surface area contributed by atoms with Gasteiger partial charge in [0.15, 0.2) is 11.6 Å². The van der Waals surface area contributed by atoms with E-state index >= 15 is 0 Å². The van der Waals surface area contributed by atoms with Gasteiger partial charge in [0.2, 0.25) is 0 Å².